The van der Waals surface area contributed by atoms with Gasteiger partial charge in [-0.1, -0.05) is 12.1 Å². The lowest BCUT2D eigenvalue weighted by Gasteiger charge is -1.97. The van der Waals surface area contributed by atoms with Crippen molar-refractivity contribution in [3.63, 3.8) is 0 Å². The Morgan fingerprint density at radius 3 is 2.46 bits per heavy atom. The van der Waals surface area contributed by atoms with E-state index < -0.39 is 0 Å². The number of Topliss-reactive ketones (excluding diaryl/α,β-unsaturated/α-hetero) is 1. The van der Waals surface area contributed by atoms with Crippen LogP contribution < -0.4 is 0 Å². The third-order valence-corrected chi connectivity index (χ3v) is 1.67. The number of carbonyl (C=O) groups is 1. The summed E-state index contributed by atoms with van der Waals surface area (Å²) in [5.74, 6) is -0.105. The summed E-state index contributed by atoms with van der Waals surface area (Å²) in [7, 11) is 0. The van der Waals surface area contributed by atoms with E-state index in [4.69, 9.17) is 10.4 Å². The van der Waals surface area contributed by atoms with E-state index in [2.05, 4.69) is 0 Å². The lowest BCUT2D eigenvalue weighted by Crippen LogP contribution is -2.01. The molecule has 3 heteroatoms. The minimum absolute atomic E-state index is 0.105. The van der Waals surface area contributed by atoms with Gasteiger partial charge in [0.1, 0.15) is 0 Å². The van der Waals surface area contributed by atoms with Gasteiger partial charge < -0.3 is 5.11 Å². The molecule has 0 spiro atoms. The van der Waals surface area contributed by atoms with E-state index in [0.717, 1.165) is 0 Å². The van der Waals surface area contributed by atoms with Gasteiger partial charge >= 0.3 is 0 Å². The second kappa shape index (κ2) is 4.39. The quantitative estimate of drug-likeness (QED) is 0.700. The molecule has 0 amide bonds. The molecular formula is C10H9NO2. The molecule has 0 aliphatic rings. The summed E-state index contributed by atoms with van der Waals surface area (Å²) in [5.41, 5.74) is 1.06. The van der Waals surface area contributed by atoms with Crippen LogP contribution in [0.5, 0.6) is 0 Å². The smallest absolute Gasteiger partial charge is 0.165 e. The summed E-state index contributed by atoms with van der Waals surface area (Å²) < 4.78 is 0. The molecule has 0 fully saturated rings. The highest BCUT2D eigenvalue weighted by molar-refractivity contribution is 5.96. The van der Waals surface area contributed by atoms with Crippen LogP contribution in [0, 0.1) is 11.3 Å². The van der Waals surface area contributed by atoms with Crippen molar-refractivity contribution < 1.29 is 9.90 Å². The van der Waals surface area contributed by atoms with Crippen LogP contribution in [0.2, 0.25) is 0 Å². The van der Waals surface area contributed by atoms with Crippen LogP contribution in [-0.4, -0.2) is 17.5 Å². The molecule has 0 radical (unpaired) electrons. The molecule has 0 aromatic heterocycles. The van der Waals surface area contributed by atoms with Crippen molar-refractivity contribution in [2.45, 2.75) is 6.42 Å². The number of hydrogen-bond acceptors (Lipinski definition) is 3. The second-order valence-corrected chi connectivity index (χ2v) is 2.59. The van der Waals surface area contributed by atoms with E-state index in [9.17, 15) is 4.79 Å². The van der Waals surface area contributed by atoms with Crippen molar-refractivity contribution in [1.29, 1.82) is 5.26 Å². The molecule has 1 aromatic rings. The van der Waals surface area contributed by atoms with Gasteiger partial charge in [0.15, 0.2) is 5.78 Å². The van der Waals surface area contributed by atoms with Gasteiger partial charge in [0.05, 0.1) is 18.2 Å². The topological polar surface area (TPSA) is 61.1 Å². The van der Waals surface area contributed by atoms with Gasteiger partial charge in [0.25, 0.3) is 0 Å². The van der Waals surface area contributed by atoms with E-state index >= 15 is 0 Å². The van der Waals surface area contributed by atoms with Gasteiger partial charge in [-0.25, -0.2) is 0 Å². The number of hydrogen-bond donors (Lipinski definition) is 1. The highest BCUT2D eigenvalue weighted by Gasteiger charge is 2.03. The van der Waals surface area contributed by atoms with Gasteiger partial charge in [-0.05, 0) is 12.1 Å². The predicted octanol–water partition coefficient (Wildman–Crippen LogP) is 1.12. The summed E-state index contributed by atoms with van der Waals surface area (Å²) in [5, 5.41) is 17.0. The van der Waals surface area contributed by atoms with Crippen LogP contribution in [0.15, 0.2) is 24.3 Å². The average Bonchev–Trinajstić information content (AvgIpc) is 2.18. The van der Waals surface area contributed by atoms with Crippen molar-refractivity contribution in [2.24, 2.45) is 0 Å². The highest BCUT2D eigenvalue weighted by Crippen LogP contribution is 2.05. The predicted molar refractivity (Wildman–Crippen MR) is 47.2 cm³/mol. The van der Waals surface area contributed by atoms with Gasteiger partial charge in [0.2, 0.25) is 0 Å². The van der Waals surface area contributed by atoms with Gasteiger partial charge in [0, 0.05) is 12.0 Å². The van der Waals surface area contributed by atoms with Crippen molar-refractivity contribution >= 4 is 5.78 Å². The standard InChI is InChI=1S/C10H9NO2/c11-7-8-1-3-9(4-2-8)10(13)5-6-12/h1-4,12H,5-6H2. The third kappa shape index (κ3) is 2.39. The van der Waals surface area contributed by atoms with E-state index in [-0.39, 0.29) is 18.8 Å². The molecule has 0 aliphatic carbocycles. The molecule has 66 valence electrons. The molecule has 0 saturated heterocycles. The molecule has 0 bridgehead atoms. The Labute approximate surface area is 76.2 Å². The Balaban J connectivity index is 2.81. The molecular weight excluding hydrogens is 166 g/mol. The first-order valence-electron chi connectivity index (χ1n) is 3.92. The van der Waals surface area contributed by atoms with Crippen molar-refractivity contribution in [3.8, 4) is 6.07 Å². The molecule has 1 N–H and O–H groups in total. The Hall–Kier alpha value is -1.66. The zero-order chi connectivity index (χ0) is 9.68. The van der Waals surface area contributed by atoms with E-state index in [1.807, 2.05) is 6.07 Å². The first kappa shape index (κ1) is 9.43. The number of carbonyl (C=O) groups excluding carboxylic acids is 1. The fourth-order valence-corrected chi connectivity index (χ4v) is 0.977. The molecule has 0 saturated carbocycles. The fourth-order valence-electron chi connectivity index (χ4n) is 0.977. The van der Waals surface area contributed by atoms with Gasteiger partial charge in [-0.15, -0.1) is 0 Å². The molecule has 0 aliphatic heterocycles. The molecule has 1 rings (SSSR count). The largest absolute Gasteiger partial charge is 0.396 e. The lowest BCUT2D eigenvalue weighted by atomic mass is 10.1. The first-order valence-corrected chi connectivity index (χ1v) is 3.92. The number of aliphatic hydroxyl groups excluding tert-OH is 1. The molecule has 0 unspecified atom stereocenters. The fraction of sp³-hybridized carbons (Fsp3) is 0.200. The normalized spacial score (nSPS) is 9.23. The molecule has 0 heterocycles. The minimum atomic E-state index is -0.140. The molecule has 0 atom stereocenters. The number of aliphatic hydroxyl groups is 1. The minimum Gasteiger partial charge on any atom is -0.396 e. The summed E-state index contributed by atoms with van der Waals surface area (Å²) in [6, 6.07) is 8.33. The second-order valence-electron chi connectivity index (χ2n) is 2.59. The number of nitriles is 1. The lowest BCUT2D eigenvalue weighted by molar-refractivity contribution is 0.0956. The summed E-state index contributed by atoms with van der Waals surface area (Å²) in [4.78, 5) is 11.2. The summed E-state index contributed by atoms with van der Waals surface area (Å²) >= 11 is 0. The SMILES string of the molecule is N#Cc1ccc(C(=O)CCO)cc1. The summed E-state index contributed by atoms with van der Waals surface area (Å²) in [6.45, 7) is -0.140. The maximum atomic E-state index is 11.2. The van der Waals surface area contributed by atoms with Gasteiger partial charge in [-0.2, -0.15) is 5.26 Å². The van der Waals surface area contributed by atoms with Crippen LogP contribution >= 0.6 is 0 Å². The Morgan fingerprint density at radius 1 is 1.38 bits per heavy atom. The van der Waals surface area contributed by atoms with Crippen LogP contribution in [0.25, 0.3) is 0 Å². The molecule has 1 aromatic carbocycles. The first-order chi connectivity index (χ1) is 6.27. The number of nitrogens with zero attached hydrogens (tertiary/aromatic N) is 1. The van der Waals surface area contributed by atoms with Crippen molar-refractivity contribution in [1.82, 2.24) is 0 Å². The van der Waals surface area contributed by atoms with E-state index in [1.54, 1.807) is 24.3 Å². The maximum Gasteiger partial charge on any atom is 0.165 e. The number of ketones is 1. The molecule has 3 nitrogen and oxygen atoms in total. The maximum absolute atomic E-state index is 11.2. The summed E-state index contributed by atoms with van der Waals surface area (Å²) in [6.07, 6.45) is 0.131. The van der Waals surface area contributed by atoms with Gasteiger partial charge in [-0.3, -0.25) is 4.79 Å². The van der Waals surface area contributed by atoms with E-state index in [0.29, 0.717) is 11.1 Å². The van der Waals surface area contributed by atoms with Crippen LogP contribution in [-0.2, 0) is 0 Å². The zero-order valence-corrected chi connectivity index (χ0v) is 7.03. The number of benzene rings is 1. The van der Waals surface area contributed by atoms with Crippen LogP contribution in [0.4, 0.5) is 0 Å². The Bertz CT molecular complexity index is 335. The Morgan fingerprint density at radius 2 is 2.00 bits per heavy atom. The van der Waals surface area contributed by atoms with Crippen LogP contribution in [0.3, 0.4) is 0 Å². The van der Waals surface area contributed by atoms with E-state index in [1.165, 1.54) is 0 Å². The zero-order valence-electron chi connectivity index (χ0n) is 7.03. The highest BCUT2D eigenvalue weighted by atomic mass is 16.3. The molecule has 13 heavy (non-hydrogen) atoms. The van der Waals surface area contributed by atoms with Crippen LogP contribution in [0.1, 0.15) is 22.3 Å². The Kier molecular flexibility index (Phi) is 3.18. The third-order valence-electron chi connectivity index (χ3n) is 1.67. The average molecular weight is 175 g/mol. The number of rotatable bonds is 3. The van der Waals surface area contributed by atoms with Crippen molar-refractivity contribution in [3.05, 3.63) is 35.4 Å². The monoisotopic (exact) mass is 175 g/mol. The van der Waals surface area contributed by atoms with Crippen molar-refractivity contribution in [2.75, 3.05) is 6.61 Å².